The third kappa shape index (κ3) is 3.75. The zero-order chi connectivity index (χ0) is 12.1. The molecule has 0 saturated carbocycles. The summed E-state index contributed by atoms with van der Waals surface area (Å²) in [6, 6.07) is 8.08. The third-order valence-electron chi connectivity index (χ3n) is 2.87. The van der Waals surface area contributed by atoms with Gasteiger partial charge < -0.3 is 15.8 Å². The van der Waals surface area contributed by atoms with E-state index in [4.69, 9.17) is 10.5 Å². The highest BCUT2D eigenvalue weighted by Gasteiger charge is 2.14. The van der Waals surface area contributed by atoms with Crippen LogP contribution in [-0.2, 0) is 4.74 Å². The zero-order valence-corrected chi connectivity index (χ0v) is 10.1. The van der Waals surface area contributed by atoms with Gasteiger partial charge in [-0.15, -0.1) is 0 Å². The predicted octanol–water partition coefficient (Wildman–Crippen LogP) is 1.76. The number of hydrogen-bond donors (Lipinski definition) is 2. The molecular weight excluding hydrogens is 214 g/mol. The van der Waals surface area contributed by atoms with E-state index in [0.29, 0.717) is 11.9 Å². The van der Waals surface area contributed by atoms with Crippen molar-refractivity contribution in [3.63, 3.8) is 0 Å². The second-order valence-electron chi connectivity index (χ2n) is 4.45. The number of ether oxygens (including phenoxy) is 1. The molecule has 1 heterocycles. The summed E-state index contributed by atoms with van der Waals surface area (Å²) in [5, 5.41) is 3.08. The summed E-state index contributed by atoms with van der Waals surface area (Å²) in [7, 11) is 0. The molecule has 4 heteroatoms. The summed E-state index contributed by atoms with van der Waals surface area (Å²) in [5.41, 5.74) is 8.02. The monoisotopic (exact) mass is 233 g/mol. The lowest BCUT2D eigenvalue weighted by Gasteiger charge is -2.07. The molecule has 0 aliphatic carbocycles. The van der Waals surface area contributed by atoms with Gasteiger partial charge in [0.1, 0.15) is 0 Å². The predicted molar refractivity (Wildman–Crippen MR) is 70.2 cm³/mol. The van der Waals surface area contributed by atoms with Gasteiger partial charge in [-0.1, -0.05) is 17.7 Å². The highest BCUT2D eigenvalue weighted by atomic mass is 16.5. The summed E-state index contributed by atoms with van der Waals surface area (Å²) in [4.78, 5) is 4.33. The van der Waals surface area contributed by atoms with Crippen molar-refractivity contribution in [2.45, 2.75) is 13.3 Å². The number of rotatable bonds is 3. The lowest BCUT2D eigenvalue weighted by molar-refractivity contribution is 0.187. The Hall–Kier alpha value is -1.55. The molecule has 1 aliphatic rings. The maximum Gasteiger partial charge on any atom is 0.193 e. The largest absolute Gasteiger partial charge is 0.381 e. The van der Waals surface area contributed by atoms with Crippen molar-refractivity contribution in [2.75, 3.05) is 25.1 Å². The average molecular weight is 233 g/mol. The van der Waals surface area contributed by atoms with Gasteiger partial charge in [-0.3, -0.25) is 4.99 Å². The number of guanidine groups is 1. The van der Waals surface area contributed by atoms with Crippen molar-refractivity contribution < 1.29 is 4.74 Å². The Morgan fingerprint density at radius 3 is 2.88 bits per heavy atom. The number of nitrogens with one attached hydrogen (secondary N) is 1. The Kier molecular flexibility index (Phi) is 3.98. The van der Waals surface area contributed by atoms with Crippen LogP contribution in [0.5, 0.6) is 0 Å². The molecular formula is C13H19N3O. The molecule has 0 bridgehead atoms. The van der Waals surface area contributed by atoms with E-state index in [0.717, 1.165) is 31.9 Å². The quantitative estimate of drug-likeness (QED) is 0.617. The van der Waals surface area contributed by atoms with Crippen LogP contribution >= 0.6 is 0 Å². The zero-order valence-electron chi connectivity index (χ0n) is 10.1. The molecule has 0 amide bonds. The number of benzene rings is 1. The van der Waals surface area contributed by atoms with Crippen molar-refractivity contribution in [1.82, 2.24) is 0 Å². The fourth-order valence-corrected chi connectivity index (χ4v) is 1.78. The smallest absolute Gasteiger partial charge is 0.193 e. The first kappa shape index (κ1) is 11.9. The van der Waals surface area contributed by atoms with Crippen LogP contribution in [0.15, 0.2) is 29.3 Å². The average Bonchev–Trinajstić information content (AvgIpc) is 2.83. The van der Waals surface area contributed by atoms with Gasteiger partial charge in [-0.2, -0.15) is 0 Å². The van der Waals surface area contributed by atoms with E-state index in [1.54, 1.807) is 0 Å². The SMILES string of the molecule is Cc1ccc(NC(N)=NCC2CCOC2)cc1. The van der Waals surface area contributed by atoms with Crippen molar-refractivity contribution in [2.24, 2.45) is 16.6 Å². The number of aryl methyl sites for hydroxylation is 1. The highest BCUT2D eigenvalue weighted by molar-refractivity contribution is 5.92. The molecule has 1 fully saturated rings. The Morgan fingerprint density at radius 2 is 2.24 bits per heavy atom. The van der Waals surface area contributed by atoms with E-state index >= 15 is 0 Å². The van der Waals surface area contributed by atoms with E-state index in [1.807, 2.05) is 24.3 Å². The maximum absolute atomic E-state index is 5.82. The molecule has 17 heavy (non-hydrogen) atoms. The van der Waals surface area contributed by atoms with Crippen LogP contribution in [-0.4, -0.2) is 25.7 Å². The standard InChI is InChI=1S/C13H19N3O/c1-10-2-4-12(5-3-10)16-13(14)15-8-11-6-7-17-9-11/h2-5,11H,6-9H2,1H3,(H3,14,15,16). The van der Waals surface area contributed by atoms with Crippen molar-refractivity contribution in [3.8, 4) is 0 Å². The van der Waals surface area contributed by atoms with Gasteiger partial charge in [0, 0.05) is 24.8 Å². The molecule has 0 radical (unpaired) electrons. The minimum absolute atomic E-state index is 0.473. The molecule has 3 N–H and O–H groups in total. The molecule has 92 valence electrons. The van der Waals surface area contributed by atoms with Gasteiger partial charge in [0.2, 0.25) is 0 Å². The van der Waals surface area contributed by atoms with Gasteiger partial charge in [-0.05, 0) is 25.5 Å². The Labute approximate surface area is 102 Å². The van der Waals surface area contributed by atoms with E-state index in [2.05, 4.69) is 17.2 Å². The van der Waals surface area contributed by atoms with E-state index in [-0.39, 0.29) is 0 Å². The second-order valence-corrected chi connectivity index (χ2v) is 4.45. The number of aliphatic imine (C=N–C) groups is 1. The molecule has 0 aromatic heterocycles. The van der Waals surface area contributed by atoms with Crippen LogP contribution in [0.1, 0.15) is 12.0 Å². The number of nitrogens with two attached hydrogens (primary N) is 1. The lowest BCUT2D eigenvalue weighted by atomic mass is 10.1. The first-order chi connectivity index (χ1) is 8.24. The first-order valence-corrected chi connectivity index (χ1v) is 5.95. The highest BCUT2D eigenvalue weighted by Crippen LogP contribution is 2.12. The van der Waals surface area contributed by atoms with Crippen LogP contribution in [0.2, 0.25) is 0 Å². The normalized spacial score (nSPS) is 20.5. The molecule has 1 aromatic carbocycles. The molecule has 1 saturated heterocycles. The van der Waals surface area contributed by atoms with Crippen molar-refractivity contribution >= 4 is 11.6 Å². The molecule has 1 aliphatic heterocycles. The Bertz CT molecular complexity index is 380. The Balaban J connectivity index is 1.84. The van der Waals surface area contributed by atoms with Crippen molar-refractivity contribution in [3.05, 3.63) is 29.8 Å². The van der Waals surface area contributed by atoms with Crippen molar-refractivity contribution in [1.29, 1.82) is 0 Å². The molecule has 4 nitrogen and oxygen atoms in total. The lowest BCUT2D eigenvalue weighted by Crippen LogP contribution is -2.23. The van der Waals surface area contributed by atoms with E-state index in [1.165, 1.54) is 5.56 Å². The second kappa shape index (κ2) is 5.68. The first-order valence-electron chi connectivity index (χ1n) is 5.95. The fourth-order valence-electron chi connectivity index (χ4n) is 1.78. The summed E-state index contributed by atoms with van der Waals surface area (Å²) >= 11 is 0. The number of hydrogen-bond acceptors (Lipinski definition) is 2. The minimum Gasteiger partial charge on any atom is -0.381 e. The van der Waals surface area contributed by atoms with Gasteiger partial charge in [0.15, 0.2) is 5.96 Å². The van der Waals surface area contributed by atoms with Crippen LogP contribution in [0, 0.1) is 12.8 Å². The summed E-state index contributed by atoms with van der Waals surface area (Å²) in [6.07, 6.45) is 1.08. The van der Waals surface area contributed by atoms with Gasteiger partial charge in [0.05, 0.1) is 6.61 Å². The van der Waals surface area contributed by atoms with E-state index < -0.39 is 0 Å². The van der Waals surface area contributed by atoms with Crippen LogP contribution in [0.25, 0.3) is 0 Å². The molecule has 1 unspecified atom stereocenters. The molecule has 2 rings (SSSR count). The minimum atomic E-state index is 0.473. The summed E-state index contributed by atoms with van der Waals surface area (Å²) in [5.74, 6) is 0.995. The molecule has 0 spiro atoms. The van der Waals surface area contributed by atoms with Crippen LogP contribution in [0.4, 0.5) is 5.69 Å². The molecule has 1 atom stereocenters. The molecule has 1 aromatic rings. The topological polar surface area (TPSA) is 59.6 Å². The third-order valence-corrected chi connectivity index (χ3v) is 2.87. The number of nitrogens with zero attached hydrogens (tertiary/aromatic N) is 1. The number of anilines is 1. The Morgan fingerprint density at radius 1 is 1.47 bits per heavy atom. The van der Waals surface area contributed by atoms with Gasteiger partial charge in [0.25, 0.3) is 0 Å². The van der Waals surface area contributed by atoms with E-state index in [9.17, 15) is 0 Å². The summed E-state index contributed by atoms with van der Waals surface area (Å²) < 4.78 is 5.29. The van der Waals surface area contributed by atoms with Gasteiger partial charge >= 0.3 is 0 Å². The van der Waals surface area contributed by atoms with Crippen LogP contribution in [0.3, 0.4) is 0 Å². The maximum atomic E-state index is 5.82. The van der Waals surface area contributed by atoms with Crippen LogP contribution < -0.4 is 11.1 Å². The fraction of sp³-hybridized carbons (Fsp3) is 0.462. The van der Waals surface area contributed by atoms with Gasteiger partial charge in [-0.25, -0.2) is 0 Å². The summed E-state index contributed by atoms with van der Waals surface area (Å²) in [6.45, 7) is 4.46.